The molecule has 2 unspecified atom stereocenters. The van der Waals surface area contributed by atoms with Crippen LogP contribution in [0.3, 0.4) is 0 Å². The number of nitrogens with one attached hydrogen (secondary N) is 1. The second-order valence-corrected chi connectivity index (χ2v) is 5.77. The highest BCUT2D eigenvalue weighted by atomic mass is 32.2. The van der Waals surface area contributed by atoms with Crippen LogP contribution < -0.4 is 10.5 Å². The molecule has 2 atom stereocenters. The van der Waals surface area contributed by atoms with E-state index in [4.69, 9.17) is 11.0 Å². The van der Waals surface area contributed by atoms with E-state index in [1.54, 1.807) is 6.07 Å². The molecule has 3 N–H and O–H groups in total. The summed E-state index contributed by atoms with van der Waals surface area (Å²) in [6.45, 7) is 1.41. The van der Waals surface area contributed by atoms with E-state index in [9.17, 15) is 8.42 Å². The molecule has 92 valence electrons. The lowest BCUT2D eigenvalue weighted by Gasteiger charge is -2.14. The van der Waals surface area contributed by atoms with E-state index in [1.165, 1.54) is 6.92 Å². The molecule has 0 saturated heterocycles. The minimum absolute atomic E-state index is 0.0817. The fraction of sp³-hybridized carbons (Fsp3) is 0.364. The average Bonchev–Trinajstić information content (AvgIpc) is 2.36. The summed E-state index contributed by atoms with van der Waals surface area (Å²) in [6.07, 6.45) is 0. The van der Waals surface area contributed by atoms with Crippen LogP contribution in [0.1, 0.15) is 18.5 Å². The fourth-order valence-electron chi connectivity index (χ4n) is 1.22. The molecule has 1 rings (SSSR count). The molecule has 0 spiro atoms. The van der Waals surface area contributed by atoms with Gasteiger partial charge in [-0.25, -0.2) is 13.1 Å². The summed E-state index contributed by atoms with van der Waals surface area (Å²) in [5.41, 5.74) is 6.68. The maximum Gasteiger partial charge on any atom is 0.227 e. The molecule has 0 radical (unpaired) electrons. The van der Waals surface area contributed by atoms with Crippen molar-refractivity contribution < 1.29 is 8.42 Å². The van der Waals surface area contributed by atoms with E-state index >= 15 is 0 Å². The molecule has 0 aliphatic carbocycles. The quantitative estimate of drug-likeness (QED) is 0.799. The van der Waals surface area contributed by atoms with E-state index in [2.05, 4.69) is 4.72 Å². The van der Waals surface area contributed by atoms with Crippen LogP contribution in [-0.4, -0.2) is 20.2 Å². The van der Waals surface area contributed by atoms with Crippen molar-refractivity contribution in [3.63, 3.8) is 0 Å². The van der Waals surface area contributed by atoms with E-state index in [-0.39, 0.29) is 6.54 Å². The van der Waals surface area contributed by atoms with Crippen LogP contribution in [0, 0.1) is 11.3 Å². The molecule has 1 aromatic rings. The van der Waals surface area contributed by atoms with Crippen LogP contribution in [0.5, 0.6) is 0 Å². The number of benzene rings is 1. The zero-order chi connectivity index (χ0) is 12.9. The Balaban J connectivity index is 2.61. The van der Waals surface area contributed by atoms with Gasteiger partial charge in [-0.2, -0.15) is 5.26 Å². The van der Waals surface area contributed by atoms with Gasteiger partial charge < -0.3 is 5.73 Å². The summed E-state index contributed by atoms with van der Waals surface area (Å²) in [7, 11) is -3.60. The van der Waals surface area contributed by atoms with Crippen molar-refractivity contribution in [2.24, 2.45) is 5.73 Å². The maximum absolute atomic E-state index is 11.5. The van der Waals surface area contributed by atoms with Gasteiger partial charge in [-0.05, 0) is 12.5 Å². The van der Waals surface area contributed by atoms with Gasteiger partial charge in [0, 0.05) is 12.6 Å². The zero-order valence-electron chi connectivity index (χ0n) is 9.50. The lowest BCUT2D eigenvalue weighted by molar-refractivity contribution is 0.568. The maximum atomic E-state index is 11.5. The molecule has 0 aliphatic heterocycles. The molecule has 0 aliphatic rings. The summed E-state index contributed by atoms with van der Waals surface area (Å²) in [6, 6.07) is 10.4. The number of nitrogens with two attached hydrogens (primary N) is 1. The molecule has 0 saturated carbocycles. The number of sulfonamides is 1. The first-order valence-electron chi connectivity index (χ1n) is 5.16. The standard InChI is InChI=1S/C11H15N3O2S/c1-9(7-12)17(15,16)14-8-11(13)10-5-3-2-4-6-10/h2-6,9,11,14H,8,13H2,1H3. The van der Waals surface area contributed by atoms with Crippen LogP contribution in [0.2, 0.25) is 0 Å². The Labute approximate surface area is 101 Å². The van der Waals surface area contributed by atoms with Crippen molar-refractivity contribution in [3.8, 4) is 6.07 Å². The lowest BCUT2D eigenvalue weighted by Crippen LogP contribution is -2.36. The van der Waals surface area contributed by atoms with Gasteiger partial charge in [0.2, 0.25) is 10.0 Å². The van der Waals surface area contributed by atoms with Gasteiger partial charge in [0.15, 0.2) is 5.25 Å². The van der Waals surface area contributed by atoms with Crippen molar-refractivity contribution in [1.82, 2.24) is 4.72 Å². The first-order chi connectivity index (χ1) is 7.97. The Bertz CT molecular complexity index is 493. The van der Waals surface area contributed by atoms with E-state index in [0.717, 1.165) is 5.56 Å². The summed E-state index contributed by atoms with van der Waals surface area (Å²) in [5, 5.41) is 7.47. The highest BCUT2D eigenvalue weighted by Crippen LogP contribution is 2.09. The molecule has 6 heteroatoms. The van der Waals surface area contributed by atoms with Gasteiger partial charge in [0.1, 0.15) is 0 Å². The van der Waals surface area contributed by atoms with Gasteiger partial charge in [0.05, 0.1) is 6.07 Å². The number of rotatable bonds is 5. The van der Waals surface area contributed by atoms with Crippen molar-refractivity contribution in [1.29, 1.82) is 5.26 Å². The van der Waals surface area contributed by atoms with Gasteiger partial charge in [-0.1, -0.05) is 30.3 Å². The minimum atomic E-state index is -3.60. The summed E-state index contributed by atoms with van der Waals surface area (Å²) in [5.74, 6) is 0. The lowest BCUT2D eigenvalue weighted by atomic mass is 10.1. The third-order valence-electron chi connectivity index (χ3n) is 2.38. The number of hydrogen-bond donors (Lipinski definition) is 2. The first kappa shape index (κ1) is 13.6. The molecule has 0 aromatic heterocycles. The molecular formula is C11H15N3O2S. The number of nitrogens with zero attached hydrogens (tertiary/aromatic N) is 1. The second-order valence-electron chi connectivity index (χ2n) is 3.68. The van der Waals surface area contributed by atoms with E-state index in [1.807, 2.05) is 30.3 Å². The molecule has 0 amide bonds. The van der Waals surface area contributed by atoms with Crippen LogP contribution >= 0.6 is 0 Å². The van der Waals surface area contributed by atoms with Crippen LogP contribution in [0.15, 0.2) is 30.3 Å². The molecule has 0 bridgehead atoms. The Morgan fingerprint density at radius 1 is 1.41 bits per heavy atom. The smallest absolute Gasteiger partial charge is 0.227 e. The third-order valence-corrected chi connectivity index (χ3v) is 3.98. The minimum Gasteiger partial charge on any atom is -0.323 e. The van der Waals surface area contributed by atoms with Crippen LogP contribution in [0.4, 0.5) is 0 Å². The Morgan fingerprint density at radius 2 is 2.00 bits per heavy atom. The monoisotopic (exact) mass is 253 g/mol. The summed E-state index contributed by atoms with van der Waals surface area (Å²) >= 11 is 0. The summed E-state index contributed by atoms with van der Waals surface area (Å²) in [4.78, 5) is 0. The third kappa shape index (κ3) is 3.82. The predicted octanol–water partition coefficient (Wildman–Crippen LogP) is 0.518. The molecule has 5 nitrogen and oxygen atoms in total. The number of hydrogen-bond acceptors (Lipinski definition) is 4. The topological polar surface area (TPSA) is 96.0 Å². The average molecular weight is 253 g/mol. The second kappa shape index (κ2) is 5.77. The Morgan fingerprint density at radius 3 is 2.53 bits per heavy atom. The Kier molecular flexibility index (Phi) is 4.63. The number of nitriles is 1. The highest BCUT2D eigenvalue weighted by molar-refractivity contribution is 7.90. The van der Waals surface area contributed by atoms with Crippen LogP contribution in [0.25, 0.3) is 0 Å². The summed E-state index contributed by atoms with van der Waals surface area (Å²) < 4.78 is 25.3. The van der Waals surface area contributed by atoms with Gasteiger partial charge >= 0.3 is 0 Å². The zero-order valence-corrected chi connectivity index (χ0v) is 10.3. The first-order valence-corrected chi connectivity index (χ1v) is 6.70. The normalized spacial score (nSPS) is 14.9. The fourth-order valence-corrected chi connectivity index (χ4v) is 2.02. The van der Waals surface area contributed by atoms with Crippen LogP contribution in [-0.2, 0) is 10.0 Å². The highest BCUT2D eigenvalue weighted by Gasteiger charge is 2.20. The molecule has 0 heterocycles. The van der Waals surface area contributed by atoms with Gasteiger partial charge in [-0.15, -0.1) is 0 Å². The van der Waals surface area contributed by atoms with E-state index < -0.39 is 21.3 Å². The van der Waals surface area contributed by atoms with Crippen molar-refractivity contribution in [3.05, 3.63) is 35.9 Å². The SMILES string of the molecule is CC(C#N)S(=O)(=O)NCC(N)c1ccccc1. The molecular weight excluding hydrogens is 238 g/mol. The van der Waals surface area contributed by atoms with Gasteiger partial charge in [0.25, 0.3) is 0 Å². The molecule has 0 fully saturated rings. The van der Waals surface area contributed by atoms with Crippen molar-refractivity contribution in [2.45, 2.75) is 18.2 Å². The predicted molar refractivity (Wildman–Crippen MR) is 65.4 cm³/mol. The Hall–Kier alpha value is -1.42. The van der Waals surface area contributed by atoms with Crippen molar-refractivity contribution >= 4 is 10.0 Å². The molecule has 1 aromatic carbocycles. The van der Waals surface area contributed by atoms with Gasteiger partial charge in [-0.3, -0.25) is 0 Å². The van der Waals surface area contributed by atoms with Crippen molar-refractivity contribution in [2.75, 3.05) is 6.54 Å². The largest absolute Gasteiger partial charge is 0.323 e. The molecule has 17 heavy (non-hydrogen) atoms. The van der Waals surface area contributed by atoms with E-state index in [0.29, 0.717) is 0 Å².